The lowest BCUT2D eigenvalue weighted by Crippen LogP contribution is -2.39. The average molecular weight is 600 g/mol. The van der Waals surface area contributed by atoms with Crippen molar-refractivity contribution in [3.8, 4) is 17.1 Å². The van der Waals surface area contributed by atoms with Gasteiger partial charge in [0, 0.05) is 30.2 Å². The fourth-order valence-corrected chi connectivity index (χ4v) is 7.77. The molecule has 0 unspecified atom stereocenters. The van der Waals surface area contributed by atoms with E-state index in [2.05, 4.69) is 35.1 Å². The van der Waals surface area contributed by atoms with Gasteiger partial charge in [0.1, 0.15) is 16.5 Å². The highest BCUT2D eigenvalue weighted by molar-refractivity contribution is 7.91. The predicted octanol–water partition coefficient (Wildman–Crippen LogP) is 5.36. The number of amides is 1. The Balaban J connectivity index is 1.21. The quantitative estimate of drug-likeness (QED) is 0.326. The normalized spacial score (nSPS) is 21.5. The van der Waals surface area contributed by atoms with E-state index in [0.717, 1.165) is 41.2 Å². The Morgan fingerprint density at radius 2 is 1.79 bits per heavy atom. The molecule has 9 nitrogen and oxygen atoms in total. The number of hydrogen-bond acceptors (Lipinski definition) is 8. The maximum atomic E-state index is 13.1. The smallest absolute Gasteiger partial charge is 0.251 e. The molecule has 224 valence electrons. The van der Waals surface area contributed by atoms with Crippen LogP contribution >= 0.6 is 0 Å². The van der Waals surface area contributed by atoms with Crippen molar-refractivity contribution in [1.82, 2.24) is 20.3 Å². The van der Waals surface area contributed by atoms with Crippen molar-refractivity contribution in [2.45, 2.75) is 58.1 Å². The van der Waals surface area contributed by atoms with Gasteiger partial charge in [0.2, 0.25) is 0 Å². The van der Waals surface area contributed by atoms with E-state index in [1.807, 2.05) is 37.3 Å². The Kier molecular flexibility index (Phi) is 7.81. The number of anilines is 1. The second-order valence-electron chi connectivity index (χ2n) is 12.1. The summed E-state index contributed by atoms with van der Waals surface area (Å²) in [6.45, 7) is 10.4. The molecule has 43 heavy (non-hydrogen) atoms. The van der Waals surface area contributed by atoms with Gasteiger partial charge >= 0.3 is 0 Å². The number of ether oxygens (including phenoxy) is 1. The van der Waals surface area contributed by atoms with Gasteiger partial charge in [-0.25, -0.2) is 18.4 Å². The Hall–Kier alpha value is -4.05. The zero-order valence-electron chi connectivity index (χ0n) is 25.0. The first-order valence-corrected chi connectivity index (χ1v) is 16.5. The number of aromatic nitrogens is 3. The SMILES string of the molecule is Cc1cc(C(=O)NCc2cc3nc(-c4cccc(N5C[C@H](C)C[C@H](C)C5)n4)ccc3cn2)cc2c1O[C@@H](C)CCS2(=O)=O. The molecule has 3 atom stereocenters. The van der Waals surface area contributed by atoms with Crippen LogP contribution in [0.3, 0.4) is 0 Å². The largest absolute Gasteiger partial charge is 0.489 e. The molecule has 1 N–H and O–H groups in total. The Morgan fingerprint density at radius 3 is 2.58 bits per heavy atom. The molecule has 0 bridgehead atoms. The third-order valence-corrected chi connectivity index (χ3v) is 9.95. The average Bonchev–Trinajstić information content (AvgIpc) is 3.10. The van der Waals surface area contributed by atoms with Gasteiger partial charge in [0.15, 0.2) is 9.84 Å². The van der Waals surface area contributed by atoms with E-state index in [4.69, 9.17) is 14.7 Å². The van der Waals surface area contributed by atoms with Crippen molar-refractivity contribution in [3.63, 3.8) is 0 Å². The van der Waals surface area contributed by atoms with Gasteiger partial charge < -0.3 is 15.0 Å². The molecule has 2 aliphatic rings. The fraction of sp³-hybridized carbons (Fsp3) is 0.394. The first kappa shape index (κ1) is 29.0. The highest BCUT2D eigenvalue weighted by Gasteiger charge is 2.29. The molecule has 1 fully saturated rings. The van der Waals surface area contributed by atoms with Crippen molar-refractivity contribution in [1.29, 1.82) is 0 Å². The number of piperidine rings is 1. The minimum Gasteiger partial charge on any atom is -0.489 e. The number of nitrogens with zero attached hydrogens (tertiary/aromatic N) is 4. The molecule has 0 radical (unpaired) electrons. The summed E-state index contributed by atoms with van der Waals surface area (Å²) in [5.41, 5.74) is 3.85. The van der Waals surface area contributed by atoms with Crippen molar-refractivity contribution < 1.29 is 17.9 Å². The van der Waals surface area contributed by atoms with Crippen LogP contribution in [-0.4, -0.2) is 54.2 Å². The lowest BCUT2D eigenvalue weighted by molar-refractivity contribution is 0.0950. The van der Waals surface area contributed by atoms with E-state index in [1.165, 1.54) is 12.5 Å². The van der Waals surface area contributed by atoms with Crippen LogP contribution in [0.5, 0.6) is 5.75 Å². The van der Waals surface area contributed by atoms with Crippen molar-refractivity contribution >= 4 is 32.5 Å². The summed E-state index contributed by atoms with van der Waals surface area (Å²) in [7, 11) is -3.56. The van der Waals surface area contributed by atoms with Crippen molar-refractivity contribution in [2.24, 2.45) is 11.8 Å². The molecule has 3 aromatic heterocycles. The monoisotopic (exact) mass is 599 g/mol. The zero-order chi connectivity index (χ0) is 30.3. The second-order valence-corrected chi connectivity index (χ2v) is 14.2. The summed E-state index contributed by atoms with van der Waals surface area (Å²) in [4.78, 5) is 29.9. The summed E-state index contributed by atoms with van der Waals surface area (Å²) in [6, 6.07) is 14.9. The molecule has 0 saturated carbocycles. The number of nitrogens with one attached hydrogen (secondary N) is 1. The summed E-state index contributed by atoms with van der Waals surface area (Å²) < 4.78 is 31.7. The third-order valence-electron chi connectivity index (χ3n) is 8.20. The molecule has 0 spiro atoms. The molecule has 4 aromatic rings. The number of pyridine rings is 3. The standard InChI is InChI=1S/C33H37N5O4S/c1-20-12-21(2)19-38(18-20)31-7-5-6-27(37-31)28-9-8-24-16-34-26(15-29(24)36-28)17-35-33(39)25-13-22(3)32-30(14-25)43(40,41)11-10-23(4)42-32/h5-9,13-16,20-21,23H,10-12,17-19H2,1-4H3,(H,35,39)/t20-,21+,23-/m0/s1. The second kappa shape index (κ2) is 11.6. The number of aryl methyl sites for hydroxylation is 1. The van der Waals surface area contributed by atoms with Gasteiger partial charge in [0.25, 0.3) is 5.91 Å². The molecule has 10 heteroatoms. The Morgan fingerprint density at radius 1 is 1.02 bits per heavy atom. The number of fused-ring (bicyclic) bond motifs is 2. The molecule has 1 saturated heterocycles. The molecular formula is C33H37N5O4S. The van der Waals surface area contributed by atoms with Crippen molar-refractivity contribution in [3.05, 3.63) is 71.5 Å². The van der Waals surface area contributed by atoms with Gasteiger partial charge in [-0.05, 0) is 86.6 Å². The minimum absolute atomic E-state index is 0.0157. The molecule has 0 aliphatic carbocycles. The van der Waals surface area contributed by atoms with E-state index in [9.17, 15) is 13.2 Å². The molecular weight excluding hydrogens is 562 g/mol. The van der Waals surface area contributed by atoms with Gasteiger partial charge in [0.05, 0.1) is 41.0 Å². The van der Waals surface area contributed by atoms with E-state index in [-0.39, 0.29) is 34.8 Å². The van der Waals surface area contributed by atoms with E-state index in [0.29, 0.717) is 35.3 Å². The number of hydrogen-bond donors (Lipinski definition) is 1. The van der Waals surface area contributed by atoms with E-state index < -0.39 is 9.84 Å². The summed E-state index contributed by atoms with van der Waals surface area (Å²) >= 11 is 0. The first-order chi connectivity index (χ1) is 20.6. The first-order valence-electron chi connectivity index (χ1n) is 14.9. The number of benzene rings is 1. The predicted molar refractivity (Wildman–Crippen MR) is 167 cm³/mol. The number of carbonyl (C=O) groups excluding carboxylic acids is 1. The molecule has 5 heterocycles. The highest BCUT2D eigenvalue weighted by Crippen LogP contribution is 2.34. The van der Waals surface area contributed by atoms with E-state index in [1.54, 1.807) is 19.2 Å². The van der Waals surface area contributed by atoms with Gasteiger partial charge in [-0.2, -0.15) is 0 Å². The van der Waals surface area contributed by atoms with Gasteiger partial charge in [-0.15, -0.1) is 0 Å². The molecule has 2 aliphatic heterocycles. The minimum atomic E-state index is -3.56. The van der Waals surface area contributed by atoms with Gasteiger partial charge in [-0.3, -0.25) is 9.78 Å². The molecule has 1 amide bonds. The van der Waals surface area contributed by atoms with Gasteiger partial charge in [-0.1, -0.05) is 19.9 Å². The summed E-state index contributed by atoms with van der Waals surface area (Å²) in [5, 5.41) is 3.76. The maximum Gasteiger partial charge on any atom is 0.251 e. The Labute approximate surface area is 252 Å². The van der Waals surface area contributed by atoms with Crippen LogP contribution in [-0.2, 0) is 16.4 Å². The molecule has 6 rings (SSSR count). The van der Waals surface area contributed by atoms with Crippen LogP contribution in [0.4, 0.5) is 5.82 Å². The van der Waals surface area contributed by atoms with E-state index >= 15 is 0 Å². The van der Waals surface area contributed by atoms with Crippen LogP contribution < -0.4 is 15.0 Å². The lowest BCUT2D eigenvalue weighted by atomic mass is 9.92. The fourth-order valence-electron chi connectivity index (χ4n) is 6.11. The summed E-state index contributed by atoms with van der Waals surface area (Å²) in [6.07, 6.45) is 3.16. The van der Waals surface area contributed by atoms with Crippen LogP contribution in [0.15, 0.2) is 59.6 Å². The Bertz CT molecular complexity index is 1800. The van der Waals surface area contributed by atoms with Crippen LogP contribution in [0.2, 0.25) is 0 Å². The van der Waals surface area contributed by atoms with Crippen LogP contribution in [0.1, 0.15) is 55.2 Å². The summed E-state index contributed by atoms with van der Waals surface area (Å²) in [5.74, 6) is 2.16. The number of sulfone groups is 1. The topological polar surface area (TPSA) is 114 Å². The lowest BCUT2D eigenvalue weighted by Gasteiger charge is -2.35. The highest BCUT2D eigenvalue weighted by atomic mass is 32.2. The van der Waals surface area contributed by atoms with Crippen LogP contribution in [0, 0.1) is 18.8 Å². The third kappa shape index (κ3) is 6.20. The maximum absolute atomic E-state index is 13.1. The van der Waals surface area contributed by atoms with Crippen LogP contribution in [0.25, 0.3) is 22.3 Å². The number of carbonyl (C=O) groups is 1. The zero-order valence-corrected chi connectivity index (χ0v) is 25.8. The molecule has 1 aromatic carbocycles. The van der Waals surface area contributed by atoms with Crippen molar-refractivity contribution in [2.75, 3.05) is 23.7 Å². The number of rotatable bonds is 5.